The molecule has 0 aliphatic heterocycles. The maximum atomic E-state index is 13.1. The van der Waals surface area contributed by atoms with Gasteiger partial charge in [0.05, 0.1) is 14.2 Å². The lowest BCUT2D eigenvalue weighted by Crippen LogP contribution is -2.31. The third-order valence-electron chi connectivity index (χ3n) is 4.95. The average molecular weight is 379 g/mol. The normalized spacial score (nSPS) is 11.8. The highest BCUT2D eigenvalue weighted by molar-refractivity contribution is 5.96. The number of rotatable bonds is 6. The summed E-state index contributed by atoms with van der Waals surface area (Å²) >= 11 is 0. The van der Waals surface area contributed by atoms with Crippen LogP contribution in [0.15, 0.2) is 48.8 Å². The summed E-state index contributed by atoms with van der Waals surface area (Å²) in [7, 11) is 5.10. The number of ether oxygens (including phenoxy) is 2. The van der Waals surface area contributed by atoms with Gasteiger partial charge in [-0.05, 0) is 48.7 Å². The highest BCUT2D eigenvalue weighted by Crippen LogP contribution is 2.30. The van der Waals surface area contributed by atoms with E-state index in [1.165, 1.54) is 0 Å². The van der Waals surface area contributed by atoms with Crippen LogP contribution < -0.4 is 14.8 Å². The molecule has 146 valence electrons. The third kappa shape index (κ3) is 3.86. The average Bonchev–Trinajstić information content (AvgIpc) is 3.13. The smallest absolute Gasteiger partial charge is 0.252 e. The predicted molar refractivity (Wildman–Crippen MR) is 108 cm³/mol. The molecule has 6 heteroatoms. The van der Waals surface area contributed by atoms with E-state index >= 15 is 0 Å². The topological polar surface area (TPSA) is 65.4 Å². The fraction of sp³-hybridized carbons (Fsp3) is 0.273. The number of methoxy groups -OCH3 is 2. The molecule has 0 radical (unpaired) electrons. The summed E-state index contributed by atoms with van der Waals surface area (Å²) in [6.45, 7) is 3.95. The Morgan fingerprint density at radius 3 is 2.36 bits per heavy atom. The summed E-state index contributed by atoms with van der Waals surface area (Å²) in [6, 6.07) is 10.8. The van der Waals surface area contributed by atoms with Crippen molar-refractivity contribution < 1.29 is 14.3 Å². The Morgan fingerprint density at radius 1 is 1.11 bits per heavy atom. The molecular weight excluding hydrogens is 354 g/mol. The molecule has 0 saturated carbocycles. The first-order valence-corrected chi connectivity index (χ1v) is 9.02. The van der Waals surface area contributed by atoms with E-state index in [0.717, 1.165) is 16.7 Å². The van der Waals surface area contributed by atoms with Crippen LogP contribution in [0.2, 0.25) is 0 Å². The molecule has 1 aromatic heterocycles. The van der Waals surface area contributed by atoms with Crippen molar-refractivity contribution in [2.75, 3.05) is 14.2 Å². The molecule has 0 aliphatic carbocycles. The van der Waals surface area contributed by atoms with Crippen LogP contribution >= 0.6 is 0 Å². The minimum Gasteiger partial charge on any atom is -0.497 e. The van der Waals surface area contributed by atoms with Gasteiger partial charge in [0.1, 0.15) is 23.4 Å². The highest BCUT2D eigenvalue weighted by atomic mass is 16.5. The number of nitrogens with zero attached hydrogens (tertiary/aromatic N) is 2. The van der Waals surface area contributed by atoms with Crippen molar-refractivity contribution in [1.82, 2.24) is 14.9 Å². The molecule has 0 spiro atoms. The number of hydrogen-bond donors (Lipinski definition) is 1. The van der Waals surface area contributed by atoms with Gasteiger partial charge in [-0.3, -0.25) is 4.79 Å². The lowest BCUT2D eigenvalue weighted by molar-refractivity contribution is 0.0940. The Morgan fingerprint density at radius 2 is 1.79 bits per heavy atom. The van der Waals surface area contributed by atoms with Crippen molar-refractivity contribution in [2.45, 2.75) is 19.9 Å². The van der Waals surface area contributed by atoms with Crippen LogP contribution in [-0.2, 0) is 7.05 Å². The first-order chi connectivity index (χ1) is 13.4. The summed E-state index contributed by atoms with van der Waals surface area (Å²) in [5, 5.41) is 3.13. The molecule has 3 aromatic rings. The number of nitrogens with one attached hydrogen (secondary N) is 1. The van der Waals surface area contributed by atoms with Gasteiger partial charge in [-0.2, -0.15) is 0 Å². The van der Waals surface area contributed by atoms with Crippen molar-refractivity contribution in [1.29, 1.82) is 0 Å². The Labute approximate surface area is 165 Å². The van der Waals surface area contributed by atoms with Crippen molar-refractivity contribution in [2.24, 2.45) is 7.05 Å². The molecular formula is C22H25N3O3. The maximum Gasteiger partial charge on any atom is 0.252 e. The van der Waals surface area contributed by atoms with Crippen LogP contribution in [0, 0.1) is 13.8 Å². The van der Waals surface area contributed by atoms with E-state index in [2.05, 4.69) is 10.3 Å². The van der Waals surface area contributed by atoms with E-state index in [0.29, 0.717) is 22.9 Å². The van der Waals surface area contributed by atoms with Gasteiger partial charge in [0, 0.05) is 31.1 Å². The SMILES string of the molecule is COc1cc(OC)cc(C(NC(=O)c2cccc(C)c2C)c2nccn2C)c1. The zero-order chi connectivity index (χ0) is 20.3. The number of imidazole rings is 1. The second-order valence-corrected chi connectivity index (χ2v) is 6.70. The minimum atomic E-state index is -0.462. The van der Waals surface area contributed by atoms with Crippen molar-refractivity contribution >= 4 is 5.91 Å². The molecule has 0 fully saturated rings. The second kappa shape index (κ2) is 8.17. The van der Waals surface area contributed by atoms with Gasteiger partial charge in [-0.1, -0.05) is 12.1 Å². The Hall–Kier alpha value is -3.28. The van der Waals surface area contributed by atoms with Gasteiger partial charge in [0.25, 0.3) is 5.91 Å². The monoisotopic (exact) mass is 379 g/mol. The van der Waals surface area contributed by atoms with Crippen molar-refractivity contribution in [3.8, 4) is 11.5 Å². The van der Waals surface area contributed by atoms with E-state index in [4.69, 9.17) is 9.47 Å². The van der Waals surface area contributed by atoms with E-state index in [-0.39, 0.29) is 5.91 Å². The Kier molecular flexibility index (Phi) is 5.68. The summed E-state index contributed by atoms with van der Waals surface area (Å²) in [5.41, 5.74) is 3.50. The second-order valence-electron chi connectivity index (χ2n) is 6.70. The number of aryl methyl sites for hydroxylation is 2. The number of carbonyl (C=O) groups is 1. The van der Waals surface area contributed by atoms with Gasteiger partial charge in [-0.15, -0.1) is 0 Å². The van der Waals surface area contributed by atoms with Gasteiger partial charge in [0.15, 0.2) is 0 Å². The van der Waals surface area contributed by atoms with Gasteiger partial charge < -0.3 is 19.4 Å². The molecule has 1 atom stereocenters. The molecule has 6 nitrogen and oxygen atoms in total. The molecule has 0 saturated heterocycles. The number of hydrogen-bond acceptors (Lipinski definition) is 4. The van der Waals surface area contributed by atoms with E-state index in [1.807, 2.05) is 62.0 Å². The quantitative estimate of drug-likeness (QED) is 0.711. The molecule has 0 bridgehead atoms. The lowest BCUT2D eigenvalue weighted by atomic mass is 10.0. The summed E-state index contributed by atoms with van der Waals surface area (Å²) < 4.78 is 12.7. The van der Waals surface area contributed by atoms with Gasteiger partial charge in [-0.25, -0.2) is 4.98 Å². The van der Waals surface area contributed by atoms with Crippen molar-refractivity contribution in [3.05, 3.63) is 76.9 Å². The van der Waals surface area contributed by atoms with E-state index in [1.54, 1.807) is 26.5 Å². The fourth-order valence-electron chi connectivity index (χ4n) is 3.15. The minimum absolute atomic E-state index is 0.156. The fourth-order valence-corrected chi connectivity index (χ4v) is 3.15. The molecule has 3 rings (SSSR count). The standard InChI is InChI=1S/C22H25N3O3/c1-14-7-6-8-19(15(14)2)22(26)24-20(21-23-9-10-25(21)3)16-11-17(27-4)13-18(12-16)28-5/h6-13,20H,1-5H3,(H,24,26). The third-order valence-corrected chi connectivity index (χ3v) is 4.95. The number of carbonyl (C=O) groups excluding carboxylic acids is 1. The molecule has 0 aliphatic rings. The summed E-state index contributed by atoms with van der Waals surface area (Å²) in [4.78, 5) is 17.6. The molecule has 1 heterocycles. The summed E-state index contributed by atoms with van der Waals surface area (Å²) in [5.74, 6) is 1.86. The Bertz CT molecular complexity index is 972. The number of aromatic nitrogens is 2. The van der Waals surface area contributed by atoms with E-state index < -0.39 is 6.04 Å². The molecule has 1 unspecified atom stereocenters. The van der Waals surface area contributed by atoms with Gasteiger partial charge >= 0.3 is 0 Å². The van der Waals surface area contributed by atoms with Crippen LogP contribution in [0.25, 0.3) is 0 Å². The van der Waals surface area contributed by atoms with Crippen LogP contribution in [-0.4, -0.2) is 29.7 Å². The predicted octanol–water partition coefficient (Wildman–Crippen LogP) is 3.57. The van der Waals surface area contributed by atoms with Crippen LogP contribution in [0.1, 0.15) is 38.9 Å². The Balaban J connectivity index is 2.05. The lowest BCUT2D eigenvalue weighted by Gasteiger charge is -2.21. The maximum absolute atomic E-state index is 13.1. The van der Waals surface area contributed by atoms with Gasteiger partial charge in [0.2, 0.25) is 0 Å². The van der Waals surface area contributed by atoms with Crippen LogP contribution in [0.3, 0.4) is 0 Å². The molecule has 28 heavy (non-hydrogen) atoms. The zero-order valence-corrected chi connectivity index (χ0v) is 16.8. The largest absolute Gasteiger partial charge is 0.497 e. The number of amides is 1. The van der Waals surface area contributed by atoms with Crippen LogP contribution in [0.4, 0.5) is 0 Å². The molecule has 1 N–H and O–H groups in total. The van der Waals surface area contributed by atoms with E-state index in [9.17, 15) is 4.79 Å². The highest BCUT2D eigenvalue weighted by Gasteiger charge is 2.23. The first-order valence-electron chi connectivity index (χ1n) is 9.02. The number of benzene rings is 2. The molecule has 2 aromatic carbocycles. The zero-order valence-electron chi connectivity index (χ0n) is 16.8. The molecule has 1 amide bonds. The van der Waals surface area contributed by atoms with Crippen LogP contribution in [0.5, 0.6) is 11.5 Å². The summed E-state index contributed by atoms with van der Waals surface area (Å²) in [6.07, 6.45) is 3.56. The first kappa shape index (κ1) is 19.5. The van der Waals surface area contributed by atoms with Crippen molar-refractivity contribution in [3.63, 3.8) is 0 Å².